The van der Waals surface area contributed by atoms with E-state index in [4.69, 9.17) is 4.74 Å². The van der Waals surface area contributed by atoms with Gasteiger partial charge in [0.05, 0.1) is 17.1 Å². The third-order valence-electron chi connectivity index (χ3n) is 8.78. The first-order chi connectivity index (χ1) is 15.4. The molecule has 1 spiro atoms. The Morgan fingerprint density at radius 1 is 1.27 bits per heavy atom. The number of phenols is 2. The molecule has 33 heavy (non-hydrogen) atoms. The summed E-state index contributed by atoms with van der Waals surface area (Å²) in [5.41, 5.74) is -1.67. The minimum atomic E-state index is -1.38. The highest BCUT2D eigenvalue weighted by molar-refractivity contribution is 5.99. The number of carbonyl (C=O) groups is 3. The van der Waals surface area contributed by atoms with Crippen molar-refractivity contribution in [3.63, 3.8) is 0 Å². The standard InChI is InChI=1S/C24H30N2O7/c1-22(7-6-16(28)25-17-14(27)5-4-13(18(17)29)20(30)31)19-15-8-12-9-24(19,10-23(12,2)33-15)11-26(3)21(22)32/h4-5,12,15,19,27,29H,6-11H2,1-3H3,(H,25,28)(H,30,31)/t12-,15+,19+,22+,23+,24+/m1/s1. The maximum Gasteiger partial charge on any atom is 0.339 e. The molecule has 2 saturated carbocycles. The molecule has 3 saturated heterocycles. The highest BCUT2D eigenvalue weighted by Crippen LogP contribution is 2.71. The highest BCUT2D eigenvalue weighted by Gasteiger charge is 2.73. The fraction of sp³-hybridized carbons (Fsp3) is 0.625. The largest absolute Gasteiger partial charge is 0.506 e. The Kier molecular flexibility index (Phi) is 4.57. The van der Waals surface area contributed by atoms with Crippen molar-refractivity contribution in [2.75, 3.05) is 18.9 Å². The van der Waals surface area contributed by atoms with Crippen LogP contribution in [-0.2, 0) is 14.3 Å². The fourth-order valence-corrected chi connectivity index (χ4v) is 7.73. The number of likely N-dealkylation sites (tertiary alicyclic amines) is 1. The van der Waals surface area contributed by atoms with E-state index in [1.807, 2.05) is 14.0 Å². The summed E-state index contributed by atoms with van der Waals surface area (Å²) in [5.74, 6) is -2.48. The van der Waals surface area contributed by atoms with Crippen LogP contribution in [0.4, 0.5) is 5.69 Å². The van der Waals surface area contributed by atoms with Crippen LogP contribution >= 0.6 is 0 Å². The normalized spacial score (nSPS) is 38.5. The van der Waals surface area contributed by atoms with E-state index >= 15 is 0 Å². The molecule has 1 aromatic rings. The number of amides is 2. The zero-order valence-electron chi connectivity index (χ0n) is 19.1. The number of hydrogen-bond donors (Lipinski definition) is 4. The van der Waals surface area contributed by atoms with E-state index in [0.717, 1.165) is 31.4 Å². The Morgan fingerprint density at radius 3 is 2.67 bits per heavy atom. The molecule has 2 aliphatic carbocycles. The molecule has 3 aliphatic heterocycles. The molecule has 2 amide bonds. The van der Waals surface area contributed by atoms with E-state index in [2.05, 4.69) is 12.2 Å². The Bertz CT molecular complexity index is 1070. The molecule has 1 aromatic carbocycles. The zero-order valence-corrected chi connectivity index (χ0v) is 19.1. The lowest BCUT2D eigenvalue weighted by atomic mass is 9.52. The number of carboxylic acid groups (broad SMARTS) is 1. The van der Waals surface area contributed by atoms with Crippen molar-refractivity contribution in [2.45, 2.75) is 57.7 Å². The van der Waals surface area contributed by atoms with Gasteiger partial charge >= 0.3 is 5.97 Å². The van der Waals surface area contributed by atoms with Gasteiger partial charge in [-0.15, -0.1) is 0 Å². The van der Waals surface area contributed by atoms with Gasteiger partial charge in [-0.3, -0.25) is 9.59 Å². The van der Waals surface area contributed by atoms with Crippen LogP contribution in [0.15, 0.2) is 12.1 Å². The van der Waals surface area contributed by atoms with Crippen molar-refractivity contribution < 1.29 is 34.4 Å². The van der Waals surface area contributed by atoms with Gasteiger partial charge in [0.1, 0.15) is 17.0 Å². The number of nitrogens with one attached hydrogen (secondary N) is 1. The van der Waals surface area contributed by atoms with Gasteiger partial charge in [0.15, 0.2) is 5.75 Å². The number of nitrogens with zero attached hydrogens (tertiary/aromatic N) is 1. The van der Waals surface area contributed by atoms with Gasteiger partial charge in [-0.2, -0.15) is 0 Å². The summed E-state index contributed by atoms with van der Waals surface area (Å²) < 4.78 is 6.46. The molecule has 5 fully saturated rings. The predicted molar refractivity (Wildman–Crippen MR) is 117 cm³/mol. The monoisotopic (exact) mass is 458 g/mol. The molecule has 9 heteroatoms. The van der Waals surface area contributed by atoms with E-state index < -0.39 is 34.4 Å². The summed E-state index contributed by atoms with van der Waals surface area (Å²) >= 11 is 0. The van der Waals surface area contributed by atoms with Crippen LogP contribution in [0.25, 0.3) is 0 Å². The third-order valence-corrected chi connectivity index (χ3v) is 8.78. The number of piperidine rings is 1. The summed E-state index contributed by atoms with van der Waals surface area (Å²) in [4.78, 5) is 39.3. The van der Waals surface area contributed by atoms with Crippen molar-refractivity contribution in [3.05, 3.63) is 17.7 Å². The molecular weight excluding hydrogens is 428 g/mol. The molecule has 4 N–H and O–H groups in total. The summed E-state index contributed by atoms with van der Waals surface area (Å²) in [7, 11) is 1.83. The minimum absolute atomic E-state index is 0.000818. The summed E-state index contributed by atoms with van der Waals surface area (Å²) in [6.07, 6.45) is 3.18. The number of carboxylic acids is 1. The lowest BCUT2D eigenvalue weighted by Crippen LogP contribution is -2.65. The van der Waals surface area contributed by atoms with Gasteiger partial charge in [0, 0.05) is 25.9 Å². The first-order valence-corrected chi connectivity index (χ1v) is 11.4. The quantitative estimate of drug-likeness (QED) is 0.498. The molecule has 6 atom stereocenters. The minimum Gasteiger partial charge on any atom is -0.506 e. The van der Waals surface area contributed by atoms with E-state index in [1.54, 1.807) is 4.90 Å². The summed E-state index contributed by atoms with van der Waals surface area (Å²) in [6.45, 7) is 4.84. The molecule has 4 bridgehead atoms. The maximum absolute atomic E-state index is 13.4. The maximum atomic E-state index is 13.4. The van der Waals surface area contributed by atoms with Gasteiger partial charge < -0.3 is 30.3 Å². The van der Waals surface area contributed by atoms with Gasteiger partial charge in [0.2, 0.25) is 11.8 Å². The number of ether oxygens (including phenoxy) is 1. The molecule has 6 rings (SSSR count). The van der Waals surface area contributed by atoms with E-state index in [-0.39, 0.29) is 47.5 Å². The molecular formula is C24H30N2O7. The Morgan fingerprint density at radius 2 is 2.00 bits per heavy atom. The van der Waals surface area contributed by atoms with Crippen LogP contribution in [0.2, 0.25) is 0 Å². The number of hydrogen-bond acceptors (Lipinski definition) is 6. The zero-order chi connectivity index (χ0) is 23.9. The topological polar surface area (TPSA) is 136 Å². The molecule has 0 aromatic heterocycles. The van der Waals surface area contributed by atoms with Crippen molar-refractivity contribution in [2.24, 2.45) is 22.7 Å². The Hall–Kier alpha value is -2.81. The van der Waals surface area contributed by atoms with Crippen LogP contribution in [0.3, 0.4) is 0 Å². The van der Waals surface area contributed by atoms with Crippen LogP contribution in [-0.4, -0.2) is 63.3 Å². The number of aromatic carboxylic acids is 1. The van der Waals surface area contributed by atoms with Crippen molar-refractivity contribution in [3.8, 4) is 11.5 Å². The van der Waals surface area contributed by atoms with Crippen LogP contribution < -0.4 is 5.32 Å². The van der Waals surface area contributed by atoms with Gasteiger partial charge in [0.25, 0.3) is 0 Å². The van der Waals surface area contributed by atoms with Crippen LogP contribution in [0.5, 0.6) is 11.5 Å². The number of anilines is 1. The fourth-order valence-electron chi connectivity index (χ4n) is 7.73. The van der Waals surface area contributed by atoms with Gasteiger partial charge in [-0.25, -0.2) is 4.79 Å². The van der Waals surface area contributed by atoms with Gasteiger partial charge in [-0.1, -0.05) is 6.92 Å². The lowest BCUT2D eigenvalue weighted by molar-refractivity contribution is -0.205. The average Bonchev–Trinajstić information content (AvgIpc) is 3.08. The first-order valence-electron chi connectivity index (χ1n) is 11.4. The molecule has 0 unspecified atom stereocenters. The number of phenolic OH excluding ortho intramolecular Hbond substituents is 1. The van der Waals surface area contributed by atoms with Crippen LogP contribution in [0.1, 0.15) is 56.3 Å². The molecule has 5 aliphatic rings. The number of rotatable bonds is 5. The van der Waals surface area contributed by atoms with E-state index in [1.165, 1.54) is 0 Å². The van der Waals surface area contributed by atoms with Crippen molar-refractivity contribution in [1.82, 2.24) is 4.90 Å². The van der Waals surface area contributed by atoms with E-state index in [9.17, 15) is 29.7 Å². The van der Waals surface area contributed by atoms with Gasteiger partial charge in [-0.05, 0) is 56.1 Å². The molecule has 178 valence electrons. The second-order valence-corrected chi connectivity index (χ2v) is 10.9. The average molecular weight is 459 g/mol. The molecule has 9 nitrogen and oxygen atoms in total. The summed E-state index contributed by atoms with van der Waals surface area (Å²) in [6, 6.07) is 2.16. The number of aromatic hydroxyl groups is 2. The SMILES string of the molecule is CN1C[C@]23C[C@H]4C[C@H](O[C@@]4(C)C2)[C@H]3[C@](C)(CCC(=O)Nc2c(O)ccc(C(=O)O)c2O)C1=O. The third kappa shape index (κ3) is 2.97. The number of carbonyl (C=O) groups excluding carboxylic acids is 2. The number of benzene rings is 1. The Labute approximate surface area is 191 Å². The predicted octanol–water partition coefficient (Wildman–Crippen LogP) is 2.57. The van der Waals surface area contributed by atoms with Crippen molar-refractivity contribution >= 4 is 23.5 Å². The Balaban J connectivity index is 1.37. The second-order valence-electron chi connectivity index (χ2n) is 10.9. The molecule has 0 radical (unpaired) electrons. The van der Waals surface area contributed by atoms with Crippen molar-refractivity contribution in [1.29, 1.82) is 0 Å². The first kappa shape index (κ1) is 22.0. The second kappa shape index (κ2) is 6.85. The summed E-state index contributed by atoms with van der Waals surface area (Å²) in [5, 5.41) is 31.8. The highest BCUT2D eigenvalue weighted by atomic mass is 16.5. The van der Waals surface area contributed by atoms with Crippen LogP contribution in [0, 0.1) is 22.7 Å². The van der Waals surface area contributed by atoms with E-state index in [0.29, 0.717) is 12.5 Å². The smallest absolute Gasteiger partial charge is 0.339 e. The lowest BCUT2D eigenvalue weighted by Gasteiger charge is -2.59. The molecule has 3 heterocycles.